The summed E-state index contributed by atoms with van der Waals surface area (Å²) in [5.41, 5.74) is 2.91. The highest BCUT2D eigenvalue weighted by Gasteiger charge is 2.29. The minimum atomic E-state index is -0.602. The van der Waals surface area contributed by atoms with E-state index in [1.54, 1.807) is 50.2 Å². The molecule has 1 fully saturated rings. The highest BCUT2D eigenvalue weighted by Crippen LogP contribution is 2.30. The fraction of sp³-hybridized carbons (Fsp3) is 0.304. The molecule has 8 nitrogen and oxygen atoms in total. The summed E-state index contributed by atoms with van der Waals surface area (Å²) < 4.78 is 12.2. The van der Waals surface area contributed by atoms with Gasteiger partial charge in [0.25, 0.3) is 0 Å². The fourth-order valence-electron chi connectivity index (χ4n) is 3.43. The number of carbonyl (C=O) groups is 3. The van der Waals surface area contributed by atoms with Crippen molar-refractivity contribution in [2.24, 2.45) is 5.92 Å². The SMILES string of the molecule is Cc1cc(-n2c(C)cc(C(=O)COC(=O)c3ccc(NC(=O)C4CC4)cc3)c2C)no1. The number of nitrogens with zero attached hydrogens (tertiary/aromatic N) is 2. The molecule has 8 heteroatoms. The van der Waals surface area contributed by atoms with Crippen molar-refractivity contribution in [2.75, 3.05) is 11.9 Å². The van der Waals surface area contributed by atoms with E-state index in [2.05, 4.69) is 10.5 Å². The van der Waals surface area contributed by atoms with Gasteiger partial charge in [-0.1, -0.05) is 5.16 Å². The molecule has 0 aliphatic heterocycles. The molecule has 2 aromatic heterocycles. The maximum atomic E-state index is 12.7. The van der Waals surface area contributed by atoms with Crippen molar-refractivity contribution in [2.45, 2.75) is 33.6 Å². The van der Waals surface area contributed by atoms with E-state index in [1.165, 1.54) is 0 Å². The summed E-state index contributed by atoms with van der Waals surface area (Å²) in [5, 5.41) is 6.81. The Balaban J connectivity index is 1.38. The Kier molecular flexibility index (Phi) is 5.46. The molecule has 0 radical (unpaired) electrons. The molecule has 0 saturated heterocycles. The normalized spacial score (nSPS) is 13.1. The summed E-state index contributed by atoms with van der Waals surface area (Å²) in [4.78, 5) is 36.8. The number of anilines is 1. The first-order chi connectivity index (χ1) is 14.8. The summed E-state index contributed by atoms with van der Waals surface area (Å²) in [6.45, 7) is 5.09. The minimum Gasteiger partial charge on any atom is -0.454 e. The summed E-state index contributed by atoms with van der Waals surface area (Å²) in [6, 6.07) is 9.94. The average molecular weight is 421 g/mol. The van der Waals surface area contributed by atoms with Crippen molar-refractivity contribution in [3.63, 3.8) is 0 Å². The molecular formula is C23H23N3O5. The van der Waals surface area contributed by atoms with Gasteiger partial charge in [0.05, 0.1) is 5.56 Å². The Labute approximate surface area is 179 Å². The molecule has 0 atom stereocenters. The third-order valence-electron chi connectivity index (χ3n) is 5.25. The number of benzene rings is 1. The number of nitrogens with one attached hydrogen (secondary N) is 1. The lowest BCUT2D eigenvalue weighted by Crippen LogP contribution is -2.15. The molecule has 0 bridgehead atoms. The van der Waals surface area contributed by atoms with Crippen LogP contribution in [0.4, 0.5) is 5.69 Å². The number of aromatic nitrogens is 2. The zero-order valence-electron chi connectivity index (χ0n) is 17.6. The second-order valence-electron chi connectivity index (χ2n) is 7.76. The molecule has 4 rings (SSSR count). The Hall–Kier alpha value is -3.68. The van der Waals surface area contributed by atoms with Crippen LogP contribution < -0.4 is 5.32 Å². The zero-order valence-corrected chi connectivity index (χ0v) is 17.6. The summed E-state index contributed by atoms with van der Waals surface area (Å²) >= 11 is 0. The first kappa shape index (κ1) is 20.6. The summed E-state index contributed by atoms with van der Waals surface area (Å²) in [6.07, 6.45) is 1.84. The van der Waals surface area contributed by atoms with E-state index in [0.29, 0.717) is 34.1 Å². The number of ether oxygens (including phenoxy) is 1. The number of amides is 1. The number of hydrogen-bond acceptors (Lipinski definition) is 6. The van der Waals surface area contributed by atoms with E-state index in [-0.39, 0.29) is 24.2 Å². The van der Waals surface area contributed by atoms with Crippen LogP contribution in [-0.2, 0) is 9.53 Å². The van der Waals surface area contributed by atoms with Crippen molar-refractivity contribution in [1.29, 1.82) is 0 Å². The molecule has 1 aromatic carbocycles. The number of hydrogen-bond donors (Lipinski definition) is 1. The largest absolute Gasteiger partial charge is 0.454 e. The number of aryl methyl sites for hydroxylation is 2. The quantitative estimate of drug-likeness (QED) is 0.460. The Morgan fingerprint density at radius 1 is 1.13 bits per heavy atom. The van der Waals surface area contributed by atoms with Crippen molar-refractivity contribution in [3.05, 3.63) is 64.7 Å². The van der Waals surface area contributed by atoms with Crippen LogP contribution in [0.5, 0.6) is 0 Å². The molecule has 160 valence electrons. The van der Waals surface area contributed by atoms with Crippen LogP contribution >= 0.6 is 0 Å². The van der Waals surface area contributed by atoms with Crippen LogP contribution in [0, 0.1) is 26.7 Å². The first-order valence-electron chi connectivity index (χ1n) is 10.1. The smallest absolute Gasteiger partial charge is 0.338 e. The van der Waals surface area contributed by atoms with E-state index in [9.17, 15) is 14.4 Å². The van der Waals surface area contributed by atoms with Gasteiger partial charge in [-0.2, -0.15) is 0 Å². The van der Waals surface area contributed by atoms with Gasteiger partial charge < -0.3 is 14.6 Å². The fourth-order valence-corrected chi connectivity index (χ4v) is 3.43. The second-order valence-corrected chi connectivity index (χ2v) is 7.76. The molecule has 1 aliphatic carbocycles. The van der Waals surface area contributed by atoms with Gasteiger partial charge >= 0.3 is 5.97 Å². The number of carbonyl (C=O) groups excluding carboxylic acids is 3. The summed E-state index contributed by atoms with van der Waals surface area (Å²) in [7, 11) is 0. The van der Waals surface area contributed by atoms with E-state index >= 15 is 0 Å². The lowest BCUT2D eigenvalue weighted by atomic mass is 10.1. The van der Waals surface area contributed by atoms with Crippen LogP contribution in [0.25, 0.3) is 5.82 Å². The van der Waals surface area contributed by atoms with Crippen molar-refractivity contribution >= 4 is 23.3 Å². The van der Waals surface area contributed by atoms with Crippen LogP contribution in [0.3, 0.4) is 0 Å². The van der Waals surface area contributed by atoms with Gasteiger partial charge in [-0.15, -0.1) is 0 Å². The lowest BCUT2D eigenvalue weighted by Gasteiger charge is -2.07. The van der Waals surface area contributed by atoms with Crippen LogP contribution in [0.15, 0.2) is 40.9 Å². The number of rotatable bonds is 7. The van der Waals surface area contributed by atoms with E-state index in [4.69, 9.17) is 9.26 Å². The van der Waals surface area contributed by atoms with Crippen molar-refractivity contribution in [1.82, 2.24) is 9.72 Å². The first-order valence-corrected chi connectivity index (χ1v) is 10.1. The molecule has 1 N–H and O–H groups in total. The highest BCUT2D eigenvalue weighted by molar-refractivity contribution is 6.01. The Bertz CT molecular complexity index is 1150. The Morgan fingerprint density at radius 2 is 1.84 bits per heavy atom. The van der Waals surface area contributed by atoms with Crippen molar-refractivity contribution < 1.29 is 23.6 Å². The van der Waals surface area contributed by atoms with Crippen LogP contribution in [0.2, 0.25) is 0 Å². The summed E-state index contributed by atoms with van der Waals surface area (Å²) in [5.74, 6) is 0.459. The molecule has 1 aliphatic rings. The predicted octanol–water partition coefficient (Wildman–Crippen LogP) is 3.78. The molecule has 1 amide bonds. The molecule has 1 saturated carbocycles. The van der Waals surface area contributed by atoms with Gasteiger partial charge in [0.15, 0.2) is 12.4 Å². The topological polar surface area (TPSA) is 103 Å². The monoisotopic (exact) mass is 421 g/mol. The number of Topliss-reactive ketones (excluding diaryl/α,β-unsaturated/α-hetero) is 1. The molecule has 3 aromatic rings. The molecular weight excluding hydrogens is 398 g/mol. The predicted molar refractivity (Wildman–Crippen MR) is 112 cm³/mol. The van der Waals surface area contributed by atoms with Gasteiger partial charge in [-0.25, -0.2) is 4.79 Å². The Morgan fingerprint density at radius 3 is 2.45 bits per heavy atom. The third kappa shape index (κ3) is 4.42. The van der Waals surface area contributed by atoms with Gasteiger partial charge in [0.1, 0.15) is 5.76 Å². The zero-order chi connectivity index (χ0) is 22.1. The van der Waals surface area contributed by atoms with E-state index in [1.807, 2.05) is 11.5 Å². The molecule has 31 heavy (non-hydrogen) atoms. The maximum Gasteiger partial charge on any atom is 0.338 e. The highest BCUT2D eigenvalue weighted by atomic mass is 16.5. The molecule has 2 heterocycles. The van der Waals surface area contributed by atoms with Crippen LogP contribution in [-0.4, -0.2) is 34.0 Å². The standard InChI is InChI=1S/C23H23N3O5/c1-13-10-19(15(3)26(13)21-11-14(2)31-25-21)20(27)12-30-23(29)17-6-8-18(9-7-17)24-22(28)16-4-5-16/h6-11,16H,4-5,12H2,1-3H3,(H,24,28). The maximum absolute atomic E-state index is 12.7. The van der Waals surface area contributed by atoms with Crippen LogP contribution in [0.1, 0.15) is 50.7 Å². The van der Waals surface area contributed by atoms with E-state index in [0.717, 1.165) is 18.5 Å². The van der Waals surface area contributed by atoms with Gasteiger partial charge in [0, 0.05) is 34.6 Å². The van der Waals surface area contributed by atoms with Crippen molar-refractivity contribution in [3.8, 4) is 5.82 Å². The molecule has 0 spiro atoms. The number of ketones is 1. The van der Waals surface area contributed by atoms with Gasteiger partial charge in [0.2, 0.25) is 11.7 Å². The van der Waals surface area contributed by atoms with E-state index < -0.39 is 5.97 Å². The number of esters is 1. The minimum absolute atomic E-state index is 0.000644. The second kappa shape index (κ2) is 8.22. The van der Waals surface area contributed by atoms with Gasteiger partial charge in [-0.05, 0) is 63.9 Å². The third-order valence-corrected chi connectivity index (χ3v) is 5.25. The average Bonchev–Trinajstić information content (AvgIpc) is 3.45. The lowest BCUT2D eigenvalue weighted by molar-refractivity contribution is -0.117. The molecule has 0 unspecified atom stereocenters. The van der Waals surface area contributed by atoms with Gasteiger partial charge in [-0.3, -0.25) is 14.2 Å².